The first kappa shape index (κ1) is 14.8. The van der Waals surface area contributed by atoms with Gasteiger partial charge in [-0.05, 0) is 31.2 Å². The number of alkyl halides is 3. The Bertz CT molecular complexity index is 614. The van der Waals surface area contributed by atoms with Gasteiger partial charge in [0, 0.05) is 22.8 Å². The number of nitrogens with one attached hydrogen (secondary N) is 1. The summed E-state index contributed by atoms with van der Waals surface area (Å²) in [6.07, 6.45) is -3.03. The van der Waals surface area contributed by atoms with Gasteiger partial charge in [-0.3, -0.25) is 0 Å². The van der Waals surface area contributed by atoms with E-state index in [0.717, 1.165) is 6.07 Å². The summed E-state index contributed by atoms with van der Waals surface area (Å²) < 4.78 is 39.6. The summed E-state index contributed by atoms with van der Waals surface area (Å²) in [5.74, 6) is 0.539. The van der Waals surface area contributed by atoms with Gasteiger partial charge in [0.05, 0.1) is 5.56 Å². The van der Waals surface area contributed by atoms with Gasteiger partial charge in [0.2, 0.25) is 0 Å². The van der Waals surface area contributed by atoms with Gasteiger partial charge >= 0.3 is 6.18 Å². The molecule has 1 N–H and O–H groups in total. The summed E-state index contributed by atoms with van der Waals surface area (Å²) >= 11 is 3.05. The first-order valence-electron chi connectivity index (χ1n) is 5.86. The van der Waals surface area contributed by atoms with Crippen molar-refractivity contribution in [2.45, 2.75) is 13.1 Å². The van der Waals surface area contributed by atoms with E-state index in [-0.39, 0.29) is 11.4 Å². The molecule has 1 heterocycles. The lowest BCUT2D eigenvalue weighted by Crippen LogP contribution is -2.09. The minimum absolute atomic E-state index is 0.0412. The van der Waals surface area contributed by atoms with Crippen molar-refractivity contribution in [1.29, 1.82) is 0 Å². The first-order valence-corrected chi connectivity index (χ1v) is 6.65. The fraction of sp³-hybridized carbons (Fsp3) is 0.231. The van der Waals surface area contributed by atoms with Gasteiger partial charge in [0.15, 0.2) is 5.82 Å². The van der Waals surface area contributed by atoms with E-state index in [1.54, 1.807) is 6.07 Å². The van der Waals surface area contributed by atoms with Gasteiger partial charge < -0.3 is 5.32 Å². The van der Waals surface area contributed by atoms with Crippen LogP contribution in [0.5, 0.6) is 0 Å². The zero-order chi connectivity index (χ0) is 14.8. The highest BCUT2D eigenvalue weighted by Gasteiger charge is 2.34. The van der Waals surface area contributed by atoms with Crippen molar-refractivity contribution < 1.29 is 13.2 Å². The molecule has 20 heavy (non-hydrogen) atoms. The van der Waals surface area contributed by atoms with Gasteiger partial charge in [0.25, 0.3) is 0 Å². The third kappa shape index (κ3) is 3.27. The van der Waals surface area contributed by atoms with E-state index in [4.69, 9.17) is 0 Å². The van der Waals surface area contributed by atoms with Crippen molar-refractivity contribution >= 4 is 21.7 Å². The second-order valence-corrected chi connectivity index (χ2v) is 4.90. The molecule has 0 bridgehead atoms. The highest BCUT2D eigenvalue weighted by Crippen LogP contribution is 2.37. The zero-order valence-corrected chi connectivity index (χ0v) is 12.1. The average Bonchev–Trinajstić information content (AvgIpc) is 2.38. The Morgan fingerprint density at radius 3 is 2.65 bits per heavy atom. The Labute approximate surface area is 122 Å². The summed E-state index contributed by atoms with van der Waals surface area (Å²) in [4.78, 5) is 8.03. The van der Waals surface area contributed by atoms with Crippen LogP contribution >= 0.6 is 15.9 Å². The topological polar surface area (TPSA) is 37.8 Å². The second-order valence-electron chi connectivity index (χ2n) is 3.98. The van der Waals surface area contributed by atoms with Gasteiger partial charge in [-0.1, -0.05) is 15.9 Å². The number of halogens is 4. The molecule has 0 aliphatic carbocycles. The average molecular weight is 346 g/mol. The van der Waals surface area contributed by atoms with Crippen LogP contribution < -0.4 is 5.32 Å². The van der Waals surface area contributed by atoms with E-state index in [1.807, 2.05) is 6.92 Å². The van der Waals surface area contributed by atoms with Crippen LogP contribution in [-0.2, 0) is 6.18 Å². The molecule has 0 amide bonds. The molecule has 0 spiro atoms. The predicted octanol–water partition coefficient (Wildman–Crippen LogP) is 4.36. The Morgan fingerprint density at radius 1 is 1.25 bits per heavy atom. The fourth-order valence-corrected chi connectivity index (χ4v) is 2.08. The summed E-state index contributed by atoms with van der Waals surface area (Å²) in [5.41, 5.74) is -0.805. The lowest BCUT2D eigenvalue weighted by molar-refractivity contribution is -0.137. The van der Waals surface area contributed by atoms with Crippen LogP contribution in [-0.4, -0.2) is 16.5 Å². The van der Waals surface area contributed by atoms with E-state index in [1.165, 1.54) is 18.3 Å². The minimum Gasteiger partial charge on any atom is -0.370 e. The number of hydrogen-bond acceptors (Lipinski definition) is 3. The molecule has 0 atom stereocenters. The molecule has 0 aliphatic rings. The smallest absolute Gasteiger partial charge is 0.370 e. The monoisotopic (exact) mass is 345 g/mol. The van der Waals surface area contributed by atoms with Gasteiger partial charge in [-0.25, -0.2) is 9.97 Å². The highest BCUT2D eigenvalue weighted by molar-refractivity contribution is 9.10. The Balaban J connectivity index is 2.55. The van der Waals surface area contributed by atoms with Crippen LogP contribution in [0, 0.1) is 0 Å². The van der Waals surface area contributed by atoms with E-state index in [9.17, 15) is 13.2 Å². The van der Waals surface area contributed by atoms with Crippen molar-refractivity contribution in [3.63, 3.8) is 0 Å². The number of rotatable bonds is 3. The molecule has 106 valence electrons. The van der Waals surface area contributed by atoms with Gasteiger partial charge in [-0.2, -0.15) is 13.2 Å². The molecule has 0 fully saturated rings. The molecule has 0 aliphatic heterocycles. The molecule has 3 nitrogen and oxygen atoms in total. The SMILES string of the molecule is CCNc1ccnc(-c2ccc(Br)cc2C(F)(F)F)n1. The van der Waals surface area contributed by atoms with Crippen LogP contribution in [0.3, 0.4) is 0 Å². The van der Waals surface area contributed by atoms with Crippen LogP contribution in [0.1, 0.15) is 12.5 Å². The van der Waals surface area contributed by atoms with E-state index in [0.29, 0.717) is 16.8 Å². The number of nitrogens with zero attached hydrogens (tertiary/aromatic N) is 2. The maximum absolute atomic E-state index is 13.1. The Hall–Kier alpha value is -1.63. The maximum atomic E-state index is 13.1. The number of hydrogen-bond donors (Lipinski definition) is 1. The number of anilines is 1. The maximum Gasteiger partial charge on any atom is 0.417 e. The van der Waals surface area contributed by atoms with Crippen LogP contribution in [0.15, 0.2) is 34.9 Å². The molecule has 1 aromatic carbocycles. The zero-order valence-electron chi connectivity index (χ0n) is 10.5. The summed E-state index contributed by atoms with van der Waals surface area (Å²) in [6, 6.07) is 5.53. The lowest BCUT2D eigenvalue weighted by atomic mass is 10.1. The van der Waals surface area contributed by atoms with Gasteiger partial charge in [0.1, 0.15) is 5.82 Å². The lowest BCUT2D eigenvalue weighted by Gasteiger charge is -2.13. The van der Waals surface area contributed by atoms with Crippen molar-refractivity contribution in [2.75, 3.05) is 11.9 Å². The summed E-state index contributed by atoms with van der Waals surface area (Å²) in [7, 11) is 0. The van der Waals surface area contributed by atoms with Crippen LogP contribution in [0.4, 0.5) is 19.0 Å². The normalized spacial score (nSPS) is 11.4. The van der Waals surface area contributed by atoms with E-state index >= 15 is 0 Å². The minimum atomic E-state index is -4.46. The molecule has 7 heteroatoms. The van der Waals surface area contributed by atoms with Crippen molar-refractivity contribution in [3.8, 4) is 11.4 Å². The first-order chi connectivity index (χ1) is 9.41. The Morgan fingerprint density at radius 2 is 2.00 bits per heavy atom. The molecule has 0 unspecified atom stereocenters. The number of aromatic nitrogens is 2. The van der Waals surface area contributed by atoms with Crippen LogP contribution in [0.25, 0.3) is 11.4 Å². The van der Waals surface area contributed by atoms with E-state index in [2.05, 4.69) is 31.2 Å². The number of benzene rings is 1. The van der Waals surface area contributed by atoms with Crippen LogP contribution in [0.2, 0.25) is 0 Å². The largest absolute Gasteiger partial charge is 0.417 e. The van der Waals surface area contributed by atoms with Crippen molar-refractivity contribution in [3.05, 3.63) is 40.5 Å². The third-order valence-electron chi connectivity index (χ3n) is 2.54. The van der Waals surface area contributed by atoms with E-state index < -0.39 is 11.7 Å². The third-order valence-corrected chi connectivity index (χ3v) is 3.03. The fourth-order valence-electron chi connectivity index (χ4n) is 1.71. The molecule has 0 saturated heterocycles. The molecule has 1 aromatic heterocycles. The Kier molecular flexibility index (Phi) is 4.27. The molecular weight excluding hydrogens is 335 g/mol. The molecular formula is C13H11BrF3N3. The summed E-state index contributed by atoms with van der Waals surface area (Å²) in [6.45, 7) is 2.51. The standard InChI is InChI=1S/C13H11BrF3N3/c1-2-18-11-5-6-19-12(20-11)9-4-3-8(14)7-10(9)13(15,16)17/h3-7H,2H2,1H3,(H,18,19,20). The molecule has 2 aromatic rings. The van der Waals surface area contributed by atoms with Gasteiger partial charge in [-0.15, -0.1) is 0 Å². The highest BCUT2D eigenvalue weighted by atomic mass is 79.9. The molecule has 0 radical (unpaired) electrons. The predicted molar refractivity (Wildman–Crippen MR) is 74.3 cm³/mol. The molecule has 2 rings (SSSR count). The second kappa shape index (κ2) is 5.78. The molecule has 0 saturated carbocycles. The quantitative estimate of drug-likeness (QED) is 0.898. The van der Waals surface area contributed by atoms with Crippen molar-refractivity contribution in [1.82, 2.24) is 9.97 Å². The van der Waals surface area contributed by atoms with Crippen molar-refractivity contribution in [2.24, 2.45) is 0 Å². The summed E-state index contributed by atoms with van der Waals surface area (Å²) in [5, 5.41) is 2.95.